The van der Waals surface area contributed by atoms with Crippen LogP contribution < -0.4 is 0 Å². The van der Waals surface area contributed by atoms with Crippen molar-refractivity contribution in [2.75, 3.05) is 0 Å². The summed E-state index contributed by atoms with van der Waals surface area (Å²) in [5.41, 5.74) is 46.4. The van der Waals surface area contributed by atoms with E-state index < -0.39 is 0 Å². The molecule has 9 rings (SSSR count). The van der Waals surface area contributed by atoms with Gasteiger partial charge in [-0.05, 0) is 395 Å². The maximum atomic E-state index is 2.26. The molecule has 0 saturated heterocycles. The fraction of sp³-hybridized carbons (Fsp3) is 0.379. The molecule has 468 valence electrons. The van der Waals surface area contributed by atoms with E-state index >= 15 is 0 Å². The lowest BCUT2D eigenvalue weighted by Crippen LogP contribution is -1.98. The van der Waals surface area contributed by atoms with Crippen LogP contribution in [0.5, 0.6) is 0 Å². The molecule has 0 atom stereocenters. The van der Waals surface area contributed by atoms with Crippen molar-refractivity contribution in [2.45, 2.75) is 228 Å². The minimum atomic E-state index is 1.35. The third-order valence-corrected chi connectivity index (χ3v) is 19.0. The molecule has 0 amide bonds. The van der Waals surface area contributed by atoms with Crippen LogP contribution in [0.15, 0.2) is 127 Å². The first-order valence-electron chi connectivity index (χ1n) is 31.7. The Bertz CT molecular complexity index is 3300. The summed E-state index contributed by atoms with van der Waals surface area (Å²) in [4.78, 5) is 0. The third kappa shape index (κ3) is 25.7. The molecule has 87 heavy (non-hydrogen) atoms. The molecule has 0 aromatic heterocycles. The first-order valence-corrected chi connectivity index (χ1v) is 31.7. The summed E-state index contributed by atoms with van der Waals surface area (Å²) in [7, 11) is 0. The fourth-order valence-electron chi connectivity index (χ4n) is 9.69. The van der Waals surface area contributed by atoms with Crippen LogP contribution in [0.1, 0.15) is 184 Å². The molecule has 0 radical (unpaired) electrons. The highest BCUT2D eigenvalue weighted by molar-refractivity contribution is 5.49. The van der Waals surface area contributed by atoms with Gasteiger partial charge in [0, 0.05) is 0 Å². The summed E-state index contributed by atoms with van der Waals surface area (Å²) >= 11 is 0. The molecule has 0 aliphatic heterocycles. The van der Waals surface area contributed by atoms with Gasteiger partial charge in [0.2, 0.25) is 0 Å². The molecule has 9 aromatic rings. The SMILES string of the molecule is Cc1c(C)c(C)c(C)c(C)c1C.Cc1cc(C)c(C)c(C)c1.Cc1cc(C)c(C)c(C)c1C.Cc1ccc(C)c(C)c1.Cc1ccc(C)c(C)c1.Cc1ccc(C)c(C)c1C.Cc1cccc(C)c1C.Cc1cccc(C)c1C.Cc1ccccc1C. The van der Waals surface area contributed by atoms with Gasteiger partial charge in [-0.3, -0.25) is 0 Å². The topological polar surface area (TPSA) is 0 Å². The van der Waals surface area contributed by atoms with E-state index in [2.05, 4.69) is 356 Å². The first-order chi connectivity index (χ1) is 40.4. The molecular formula is C87H120. The minimum absolute atomic E-state index is 1.35. The van der Waals surface area contributed by atoms with Gasteiger partial charge >= 0.3 is 0 Å². The highest BCUT2D eigenvalue weighted by Crippen LogP contribution is 2.25. The van der Waals surface area contributed by atoms with Gasteiger partial charge in [0.1, 0.15) is 0 Å². The Balaban J connectivity index is 0.000000490. The van der Waals surface area contributed by atoms with E-state index in [0.717, 1.165) is 0 Å². The van der Waals surface area contributed by atoms with Crippen LogP contribution in [0.3, 0.4) is 0 Å². The van der Waals surface area contributed by atoms with E-state index in [4.69, 9.17) is 0 Å². The van der Waals surface area contributed by atoms with Crippen molar-refractivity contribution in [3.05, 3.63) is 311 Å². The zero-order valence-electron chi connectivity index (χ0n) is 61.6. The summed E-state index contributed by atoms with van der Waals surface area (Å²) in [6, 6.07) is 45.2. The van der Waals surface area contributed by atoms with Crippen molar-refractivity contribution < 1.29 is 0 Å². The Morgan fingerprint density at radius 3 is 0.540 bits per heavy atom. The van der Waals surface area contributed by atoms with Gasteiger partial charge in [0.25, 0.3) is 0 Å². The normalized spacial score (nSPS) is 9.90. The smallest absolute Gasteiger partial charge is 0.0392 e. The molecule has 0 N–H and O–H groups in total. The van der Waals surface area contributed by atoms with Gasteiger partial charge in [-0.2, -0.15) is 0 Å². The second kappa shape index (κ2) is 37.6. The van der Waals surface area contributed by atoms with Crippen LogP contribution in [0, 0.1) is 228 Å². The van der Waals surface area contributed by atoms with E-state index in [9.17, 15) is 0 Å². The quantitative estimate of drug-likeness (QED) is 0.142. The molecule has 0 heteroatoms. The molecule has 0 nitrogen and oxygen atoms in total. The maximum Gasteiger partial charge on any atom is -0.0392 e. The molecule has 0 aliphatic rings. The molecule has 9 aromatic carbocycles. The highest BCUT2D eigenvalue weighted by atomic mass is 14.1. The average molecular weight is 1170 g/mol. The van der Waals surface area contributed by atoms with Crippen molar-refractivity contribution in [1.29, 1.82) is 0 Å². The molecule has 0 heterocycles. The van der Waals surface area contributed by atoms with Crippen molar-refractivity contribution in [3.63, 3.8) is 0 Å². The number of aryl methyl sites for hydroxylation is 19. The lowest BCUT2D eigenvalue weighted by molar-refractivity contribution is 1.13. The number of hydrogen-bond acceptors (Lipinski definition) is 0. The predicted octanol–water partition coefficient (Wildman–Crippen LogP) is 25.4. The third-order valence-electron chi connectivity index (χ3n) is 19.0. The van der Waals surface area contributed by atoms with Crippen LogP contribution >= 0.6 is 0 Å². The van der Waals surface area contributed by atoms with E-state index in [-0.39, 0.29) is 0 Å². The Hall–Kier alpha value is -7.02. The van der Waals surface area contributed by atoms with E-state index in [1.807, 2.05) is 0 Å². The van der Waals surface area contributed by atoms with Crippen LogP contribution in [0.2, 0.25) is 0 Å². The summed E-state index contributed by atoms with van der Waals surface area (Å²) in [5.74, 6) is 0. The van der Waals surface area contributed by atoms with E-state index in [1.54, 1.807) is 0 Å². The van der Waals surface area contributed by atoms with Gasteiger partial charge in [0.05, 0.1) is 0 Å². The number of hydrogen-bond donors (Lipinski definition) is 0. The van der Waals surface area contributed by atoms with Crippen LogP contribution in [-0.2, 0) is 0 Å². The predicted molar refractivity (Wildman–Crippen MR) is 394 cm³/mol. The number of rotatable bonds is 0. The number of benzene rings is 9. The summed E-state index contributed by atoms with van der Waals surface area (Å²) in [6.07, 6.45) is 0. The maximum absolute atomic E-state index is 2.26. The molecule has 0 spiro atoms. The molecule has 0 unspecified atom stereocenters. The van der Waals surface area contributed by atoms with Crippen molar-refractivity contribution in [1.82, 2.24) is 0 Å². The molecular weight excluding hydrogens is 1040 g/mol. The first kappa shape index (κ1) is 78.0. The Kier molecular flexibility index (Phi) is 33.7. The second-order valence-electron chi connectivity index (χ2n) is 25.4. The van der Waals surface area contributed by atoms with Crippen molar-refractivity contribution >= 4 is 0 Å². The summed E-state index contributed by atoms with van der Waals surface area (Å²) < 4.78 is 0. The van der Waals surface area contributed by atoms with Gasteiger partial charge < -0.3 is 0 Å². The second-order valence-corrected chi connectivity index (χ2v) is 25.4. The van der Waals surface area contributed by atoms with E-state index in [0.29, 0.717) is 0 Å². The van der Waals surface area contributed by atoms with Crippen LogP contribution in [-0.4, -0.2) is 0 Å². The molecule has 0 fully saturated rings. The van der Waals surface area contributed by atoms with E-state index in [1.165, 1.54) is 184 Å². The van der Waals surface area contributed by atoms with Crippen LogP contribution in [0.25, 0.3) is 0 Å². The molecule has 0 bridgehead atoms. The zero-order chi connectivity index (χ0) is 66.9. The molecule has 0 saturated carbocycles. The Labute approximate surface area is 536 Å². The summed E-state index contributed by atoms with van der Waals surface area (Å²) in [5, 5.41) is 0. The van der Waals surface area contributed by atoms with Gasteiger partial charge in [-0.15, -0.1) is 0 Å². The lowest BCUT2D eigenvalue weighted by atomic mass is 9.90. The van der Waals surface area contributed by atoms with Crippen molar-refractivity contribution in [3.8, 4) is 0 Å². The highest BCUT2D eigenvalue weighted by Gasteiger charge is 2.08. The lowest BCUT2D eigenvalue weighted by Gasteiger charge is -2.15. The Morgan fingerprint density at radius 2 is 0.299 bits per heavy atom. The standard InChI is InChI=1S/C12H18.C11H16.2C10H14.4C9H12.C8H10/c1-7-8(2)10(4)12(6)11(5)9(7)3;1-7-6-8(2)10(4)11(5)9(7)3;1-7-5-8(2)10(4)9(3)6-7;1-7-5-6-8(2)10(4)9(7)3;2*1-7-4-5-8(2)9(3)6-7;2*1-7-5-4-6-8(2)9(7)3;1-7-5-3-4-6-8(7)2/h1-6H3;6H,1-5H3;2*5-6H,1-4H3;4*4-6H,1-3H3;3-6H,1-2H3. The Morgan fingerprint density at radius 1 is 0.115 bits per heavy atom. The van der Waals surface area contributed by atoms with Gasteiger partial charge in [-0.25, -0.2) is 0 Å². The summed E-state index contributed by atoms with van der Waals surface area (Å²) in [6.45, 7) is 71.4. The van der Waals surface area contributed by atoms with Crippen LogP contribution in [0.4, 0.5) is 0 Å². The zero-order valence-corrected chi connectivity index (χ0v) is 61.6. The van der Waals surface area contributed by atoms with Gasteiger partial charge in [-0.1, -0.05) is 144 Å². The van der Waals surface area contributed by atoms with Gasteiger partial charge in [0.15, 0.2) is 0 Å². The monoisotopic (exact) mass is 1160 g/mol. The molecule has 0 aliphatic carbocycles. The average Bonchev–Trinajstić information content (AvgIpc) is 3.38. The minimum Gasteiger partial charge on any atom is -0.0620 e. The van der Waals surface area contributed by atoms with Crippen molar-refractivity contribution in [2.24, 2.45) is 0 Å². The largest absolute Gasteiger partial charge is 0.0620 e. The fourth-order valence-corrected chi connectivity index (χ4v) is 9.69.